The maximum Gasteiger partial charge on any atom is 0.311 e. The molecule has 0 fully saturated rings. The summed E-state index contributed by atoms with van der Waals surface area (Å²) in [4.78, 5) is 11.7. The Morgan fingerprint density at radius 2 is 1.83 bits per heavy atom. The van der Waals surface area contributed by atoms with E-state index in [2.05, 4.69) is 0 Å². The van der Waals surface area contributed by atoms with Crippen molar-refractivity contribution in [2.24, 2.45) is 0 Å². The SMILES string of the molecule is COc1ccc(COCCCC(=O)Oc2ccccc2N)cc1. The second-order valence-electron chi connectivity index (χ2n) is 5.02. The number of methoxy groups -OCH3 is 1. The molecule has 2 aromatic rings. The summed E-state index contributed by atoms with van der Waals surface area (Å²) in [6.07, 6.45) is 0.888. The minimum Gasteiger partial charge on any atom is -0.497 e. The number of nitrogens with two attached hydrogens (primary N) is 1. The van der Waals surface area contributed by atoms with Gasteiger partial charge < -0.3 is 19.9 Å². The van der Waals surface area contributed by atoms with E-state index in [9.17, 15) is 4.79 Å². The van der Waals surface area contributed by atoms with Crippen LogP contribution in [0.2, 0.25) is 0 Å². The molecule has 23 heavy (non-hydrogen) atoms. The van der Waals surface area contributed by atoms with Crippen molar-refractivity contribution in [3.8, 4) is 11.5 Å². The number of ether oxygens (including phenoxy) is 3. The van der Waals surface area contributed by atoms with Gasteiger partial charge in [-0.15, -0.1) is 0 Å². The fraction of sp³-hybridized carbons (Fsp3) is 0.278. The molecular weight excluding hydrogens is 294 g/mol. The summed E-state index contributed by atoms with van der Waals surface area (Å²) in [5.74, 6) is 0.907. The highest BCUT2D eigenvalue weighted by Crippen LogP contribution is 2.20. The zero-order chi connectivity index (χ0) is 16.5. The Hall–Kier alpha value is -2.53. The predicted octanol–water partition coefficient (Wildman–Crippen LogP) is 3.18. The third-order valence-electron chi connectivity index (χ3n) is 3.24. The van der Waals surface area contributed by atoms with E-state index in [1.165, 1.54) is 0 Å². The van der Waals surface area contributed by atoms with Gasteiger partial charge in [0.25, 0.3) is 0 Å². The summed E-state index contributed by atoms with van der Waals surface area (Å²) in [5, 5.41) is 0. The molecule has 0 amide bonds. The zero-order valence-electron chi connectivity index (χ0n) is 13.2. The molecule has 122 valence electrons. The Balaban J connectivity index is 1.63. The molecule has 0 aromatic heterocycles. The quantitative estimate of drug-likeness (QED) is 0.351. The van der Waals surface area contributed by atoms with Crippen molar-refractivity contribution in [3.05, 3.63) is 54.1 Å². The second kappa shape index (κ2) is 8.80. The largest absolute Gasteiger partial charge is 0.497 e. The van der Waals surface area contributed by atoms with Crippen LogP contribution in [0.3, 0.4) is 0 Å². The van der Waals surface area contributed by atoms with Crippen molar-refractivity contribution in [2.75, 3.05) is 19.5 Å². The van der Waals surface area contributed by atoms with Gasteiger partial charge in [0.2, 0.25) is 0 Å². The van der Waals surface area contributed by atoms with E-state index in [-0.39, 0.29) is 12.4 Å². The maximum atomic E-state index is 11.7. The topological polar surface area (TPSA) is 70.8 Å². The van der Waals surface area contributed by atoms with Crippen LogP contribution >= 0.6 is 0 Å². The van der Waals surface area contributed by atoms with Crippen LogP contribution in [0.4, 0.5) is 5.69 Å². The Kier molecular flexibility index (Phi) is 6.44. The summed E-state index contributed by atoms with van der Waals surface area (Å²) in [5.41, 5.74) is 7.24. The lowest BCUT2D eigenvalue weighted by Gasteiger charge is -2.07. The number of rotatable bonds is 8. The van der Waals surface area contributed by atoms with Crippen LogP contribution in [0.25, 0.3) is 0 Å². The zero-order valence-corrected chi connectivity index (χ0v) is 13.2. The normalized spacial score (nSPS) is 10.3. The van der Waals surface area contributed by atoms with Gasteiger partial charge in [0.15, 0.2) is 5.75 Å². The third-order valence-corrected chi connectivity index (χ3v) is 3.24. The van der Waals surface area contributed by atoms with Crippen molar-refractivity contribution >= 4 is 11.7 Å². The van der Waals surface area contributed by atoms with Crippen molar-refractivity contribution in [1.82, 2.24) is 0 Å². The summed E-state index contributed by atoms with van der Waals surface area (Å²) in [6.45, 7) is 0.996. The fourth-order valence-corrected chi connectivity index (χ4v) is 1.98. The average Bonchev–Trinajstić information content (AvgIpc) is 2.57. The number of para-hydroxylation sites is 2. The molecule has 0 saturated heterocycles. The third kappa shape index (κ3) is 5.64. The first kappa shape index (κ1) is 16.8. The predicted molar refractivity (Wildman–Crippen MR) is 88.4 cm³/mol. The molecule has 2 rings (SSSR count). The molecule has 0 aliphatic heterocycles. The molecular formula is C18H21NO4. The maximum absolute atomic E-state index is 11.7. The minimum atomic E-state index is -0.309. The van der Waals surface area contributed by atoms with Crippen molar-refractivity contribution in [3.63, 3.8) is 0 Å². The van der Waals surface area contributed by atoms with E-state index in [0.29, 0.717) is 31.1 Å². The molecule has 0 heterocycles. The van der Waals surface area contributed by atoms with Gasteiger partial charge >= 0.3 is 5.97 Å². The van der Waals surface area contributed by atoms with Crippen LogP contribution in [-0.2, 0) is 16.1 Å². The minimum absolute atomic E-state index is 0.289. The molecule has 0 atom stereocenters. The number of nitrogen functional groups attached to an aromatic ring is 1. The number of carbonyl (C=O) groups excluding carboxylic acids is 1. The number of benzene rings is 2. The monoisotopic (exact) mass is 315 g/mol. The molecule has 0 bridgehead atoms. The van der Waals surface area contributed by atoms with Crippen LogP contribution < -0.4 is 15.2 Å². The van der Waals surface area contributed by atoms with E-state index in [1.54, 1.807) is 31.4 Å². The summed E-state index contributed by atoms with van der Waals surface area (Å²) in [6, 6.07) is 14.6. The van der Waals surface area contributed by atoms with Crippen LogP contribution in [0.1, 0.15) is 18.4 Å². The standard InChI is InChI=1S/C18H21NO4/c1-21-15-10-8-14(9-11-15)13-22-12-4-7-18(20)23-17-6-3-2-5-16(17)19/h2-3,5-6,8-11H,4,7,12-13,19H2,1H3. The average molecular weight is 315 g/mol. The number of esters is 1. The molecule has 0 saturated carbocycles. The lowest BCUT2D eigenvalue weighted by atomic mass is 10.2. The summed E-state index contributed by atoms with van der Waals surface area (Å²) < 4.78 is 15.8. The Morgan fingerprint density at radius 1 is 1.09 bits per heavy atom. The van der Waals surface area contributed by atoms with Crippen LogP contribution in [0.5, 0.6) is 11.5 Å². The highest BCUT2D eigenvalue weighted by atomic mass is 16.5. The Labute approximate surface area is 136 Å². The van der Waals surface area contributed by atoms with E-state index < -0.39 is 0 Å². The summed E-state index contributed by atoms with van der Waals surface area (Å²) in [7, 11) is 1.63. The molecule has 5 heteroatoms. The molecule has 0 spiro atoms. The van der Waals surface area contributed by atoms with Gasteiger partial charge in [-0.1, -0.05) is 24.3 Å². The van der Waals surface area contributed by atoms with Crippen LogP contribution in [-0.4, -0.2) is 19.7 Å². The molecule has 5 nitrogen and oxygen atoms in total. The van der Waals surface area contributed by atoms with Crippen LogP contribution in [0, 0.1) is 0 Å². The van der Waals surface area contributed by atoms with Gasteiger partial charge in [-0.25, -0.2) is 0 Å². The van der Waals surface area contributed by atoms with E-state index in [4.69, 9.17) is 19.9 Å². The van der Waals surface area contributed by atoms with E-state index in [1.807, 2.05) is 24.3 Å². The highest BCUT2D eigenvalue weighted by Gasteiger charge is 2.07. The van der Waals surface area contributed by atoms with Crippen LogP contribution in [0.15, 0.2) is 48.5 Å². The lowest BCUT2D eigenvalue weighted by molar-refractivity contribution is -0.134. The fourth-order valence-electron chi connectivity index (χ4n) is 1.98. The van der Waals surface area contributed by atoms with Crippen molar-refractivity contribution < 1.29 is 19.0 Å². The smallest absolute Gasteiger partial charge is 0.311 e. The number of carbonyl (C=O) groups is 1. The van der Waals surface area contributed by atoms with Gasteiger partial charge in [0, 0.05) is 13.0 Å². The first-order valence-corrected chi connectivity index (χ1v) is 7.45. The molecule has 0 unspecified atom stereocenters. The molecule has 0 radical (unpaired) electrons. The molecule has 2 N–H and O–H groups in total. The van der Waals surface area contributed by atoms with Gasteiger partial charge in [0.05, 0.1) is 19.4 Å². The number of hydrogen-bond acceptors (Lipinski definition) is 5. The van der Waals surface area contributed by atoms with Crippen molar-refractivity contribution in [1.29, 1.82) is 0 Å². The van der Waals surface area contributed by atoms with Crippen molar-refractivity contribution in [2.45, 2.75) is 19.4 Å². The molecule has 2 aromatic carbocycles. The second-order valence-corrected chi connectivity index (χ2v) is 5.02. The van der Waals surface area contributed by atoms with E-state index >= 15 is 0 Å². The van der Waals surface area contributed by atoms with Gasteiger partial charge in [-0.2, -0.15) is 0 Å². The van der Waals surface area contributed by atoms with Gasteiger partial charge in [0.1, 0.15) is 5.75 Å². The summed E-state index contributed by atoms with van der Waals surface area (Å²) >= 11 is 0. The number of anilines is 1. The molecule has 0 aliphatic rings. The highest BCUT2D eigenvalue weighted by molar-refractivity contribution is 5.74. The van der Waals surface area contributed by atoms with Gasteiger partial charge in [-0.3, -0.25) is 4.79 Å². The van der Waals surface area contributed by atoms with Gasteiger partial charge in [-0.05, 0) is 36.2 Å². The molecule has 0 aliphatic carbocycles. The number of hydrogen-bond donors (Lipinski definition) is 1. The first-order valence-electron chi connectivity index (χ1n) is 7.45. The Bertz CT molecular complexity index is 625. The first-order chi connectivity index (χ1) is 11.2. The Morgan fingerprint density at radius 3 is 2.52 bits per heavy atom. The lowest BCUT2D eigenvalue weighted by Crippen LogP contribution is -2.10. The van der Waals surface area contributed by atoms with E-state index in [0.717, 1.165) is 11.3 Å².